The Balaban J connectivity index is 1.50. The summed E-state index contributed by atoms with van der Waals surface area (Å²) in [4.78, 5) is 16.2. The van der Waals surface area contributed by atoms with Crippen molar-refractivity contribution in [1.82, 2.24) is 9.80 Å². The molecule has 0 radical (unpaired) electrons. The molecular formula is C16H26F2N2O3. The summed E-state index contributed by atoms with van der Waals surface area (Å²) in [5.41, 5.74) is -0.965. The summed E-state index contributed by atoms with van der Waals surface area (Å²) < 4.78 is 31.7. The zero-order valence-corrected chi connectivity index (χ0v) is 13.5. The standard InChI is InChI=1S/C16H26F2N2O3/c17-16(18)4-6-19(7-5-16)11-15(22)3-8-20(12-15)14(21)13-1-9-23-10-2-13/h13,22H,1-12H2/t15-/m0/s1. The predicted octanol–water partition coefficient (Wildman–Crippen LogP) is 1.11. The number of aliphatic hydroxyl groups is 1. The quantitative estimate of drug-likeness (QED) is 0.841. The number of carbonyl (C=O) groups excluding carboxylic acids is 1. The number of carbonyl (C=O) groups is 1. The molecule has 132 valence electrons. The topological polar surface area (TPSA) is 53.0 Å². The zero-order chi connectivity index (χ0) is 16.5. The van der Waals surface area contributed by atoms with Gasteiger partial charge in [-0.3, -0.25) is 9.69 Å². The summed E-state index contributed by atoms with van der Waals surface area (Å²) in [5.74, 6) is -2.46. The maximum atomic E-state index is 13.2. The van der Waals surface area contributed by atoms with E-state index in [1.807, 2.05) is 4.90 Å². The Morgan fingerprint density at radius 3 is 2.43 bits per heavy atom. The Labute approximate surface area is 135 Å². The van der Waals surface area contributed by atoms with E-state index >= 15 is 0 Å². The van der Waals surface area contributed by atoms with Gasteiger partial charge in [0.05, 0.1) is 12.1 Å². The Morgan fingerprint density at radius 2 is 1.78 bits per heavy atom. The Hall–Kier alpha value is -0.790. The zero-order valence-electron chi connectivity index (χ0n) is 13.5. The Kier molecular flexibility index (Phi) is 4.90. The highest BCUT2D eigenvalue weighted by Crippen LogP contribution is 2.31. The van der Waals surface area contributed by atoms with E-state index in [1.165, 1.54) is 0 Å². The molecule has 3 saturated heterocycles. The highest BCUT2D eigenvalue weighted by Gasteiger charge is 2.43. The minimum atomic E-state index is -2.57. The van der Waals surface area contributed by atoms with Gasteiger partial charge in [0.1, 0.15) is 0 Å². The van der Waals surface area contributed by atoms with E-state index in [2.05, 4.69) is 0 Å². The molecule has 1 atom stereocenters. The average Bonchev–Trinajstić information content (AvgIpc) is 2.92. The first-order valence-corrected chi connectivity index (χ1v) is 8.56. The van der Waals surface area contributed by atoms with Crippen molar-refractivity contribution in [2.45, 2.75) is 43.6 Å². The molecule has 1 amide bonds. The minimum Gasteiger partial charge on any atom is -0.387 e. The van der Waals surface area contributed by atoms with Crippen LogP contribution in [0.15, 0.2) is 0 Å². The van der Waals surface area contributed by atoms with Crippen LogP contribution in [0, 0.1) is 5.92 Å². The minimum absolute atomic E-state index is 0.000205. The molecule has 0 unspecified atom stereocenters. The molecule has 0 aromatic rings. The molecule has 3 aliphatic heterocycles. The number of halogens is 2. The highest BCUT2D eigenvalue weighted by molar-refractivity contribution is 5.79. The molecule has 0 saturated carbocycles. The normalized spacial score (nSPS) is 33.1. The van der Waals surface area contributed by atoms with Crippen LogP contribution in [0.3, 0.4) is 0 Å². The van der Waals surface area contributed by atoms with Gasteiger partial charge >= 0.3 is 0 Å². The van der Waals surface area contributed by atoms with E-state index in [0.717, 1.165) is 12.8 Å². The third-order valence-electron chi connectivity index (χ3n) is 5.32. The van der Waals surface area contributed by atoms with Crippen LogP contribution in [-0.4, -0.2) is 78.3 Å². The summed E-state index contributed by atoms with van der Waals surface area (Å²) in [6.45, 7) is 3.10. The van der Waals surface area contributed by atoms with Crippen LogP contribution in [0.4, 0.5) is 8.78 Å². The third-order valence-corrected chi connectivity index (χ3v) is 5.32. The maximum Gasteiger partial charge on any atom is 0.250 e. The van der Waals surface area contributed by atoms with Gasteiger partial charge in [-0.15, -0.1) is 0 Å². The first kappa shape index (κ1) is 17.0. The molecule has 3 aliphatic rings. The molecule has 1 N–H and O–H groups in total. The van der Waals surface area contributed by atoms with Crippen LogP contribution in [0.5, 0.6) is 0 Å². The fourth-order valence-corrected chi connectivity index (χ4v) is 3.83. The van der Waals surface area contributed by atoms with E-state index < -0.39 is 11.5 Å². The summed E-state index contributed by atoms with van der Waals surface area (Å²) in [6.07, 6.45) is 1.72. The Morgan fingerprint density at radius 1 is 1.13 bits per heavy atom. The number of likely N-dealkylation sites (tertiary alicyclic amines) is 2. The van der Waals surface area contributed by atoms with Crippen molar-refractivity contribution in [3.05, 3.63) is 0 Å². The van der Waals surface area contributed by atoms with Crippen molar-refractivity contribution in [3.63, 3.8) is 0 Å². The van der Waals surface area contributed by atoms with E-state index in [1.54, 1.807) is 4.90 Å². The van der Waals surface area contributed by atoms with Gasteiger partial charge in [0.25, 0.3) is 5.92 Å². The van der Waals surface area contributed by atoms with Crippen molar-refractivity contribution >= 4 is 5.91 Å². The second kappa shape index (κ2) is 6.61. The monoisotopic (exact) mass is 332 g/mol. The summed E-state index contributed by atoms with van der Waals surface area (Å²) in [6, 6.07) is 0. The van der Waals surface area contributed by atoms with Gasteiger partial charge in [0.2, 0.25) is 5.91 Å². The second-order valence-corrected chi connectivity index (χ2v) is 7.25. The Bertz CT molecular complexity index is 433. The van der Waals surface area contributed by atoms with Crippen molar-refractivity contribution in [2.24, 2.45) is 5.92 Å². The first-order valence-electron chi connectivity index (χ1n) is 8.56. The number of rotatable bonds is 3. The molecule has 23 heavy (non-hydrogen) atoms. The molecule has 3 rings (SSSR count). The SMILES string of the molecule is O=C(C1CCOCC1)N1CC[C@](O)(CN2CCC(F)(F)CC2)C1. The fraction of sp³-hybridized carbons (Fsp3) is 0.938. The molecule has 0 spiro atoms. The molecular weight excluding hydrogens is 306 g/mol. The smallest absolute Gasteiger partial charge is 0.250 e. The fourth-order valence-electron chi connectivity index (χ4n) is 3.83. The van der Waals surface area contributed by atoms with Gasteiger partial charge in [0, 0.05) is 58.2 Å². The number of alkyl halides is 2. The number of hydrogen-bond acceptors (Lipinski definition) is 4. The van der Waals surface area contributed by atoms with Crippen molar-refractivity contribution in [1.29, 1.82) is 0 Å². The molecule has 0 bridgehead atoms. The van der Waals surface area contributed by atoms with E-state index in [4.69, 9.17) is 4.74 Å². The lowest BCUT2D eigenvalue weighted by Crippen LogP contribution is -2.50. The lowest BCUT2D eigenvalue weighted by Gasteiger charge is -2.36. The van der Waals surface area contributed by atoms with E-state index in [-0.39, 0.29) is 24.7 Å². The van der Waals surface area contributed by atoms with Gasteiger partial charge in [-0.05, 0) is 19.3 Å². The molecule has 0 aliphatic carbocycles. The van der Waals surface area contributed by atoms with Crippen LogP contribution < -0.4 is 0 Å². The predicted molar refractivity (Wildman–Crippen MR) is 80.3 cm³/mol. The largest absolute Gasteiger partial charge is 0.387 e. The van der Waals surface area contributed by atoms with Crippen LogP contribution in [0.1, 0.15) is 32.1 Å². The molecule has 3 fully saturated rings. The van der Waals surface area contributed by atoms with E-state index in [9.17, 15) is 18.7 Å². The number of β-amino-alcohol motifs (C(OH)–C–C–N with tert-alkyl or cyclic N) is 1. The lowest BCUT2D eigenvalue weighted by molar-refractivity contribution is -0.138. The maximum absolute atomic E-state index is 13.2. The van der Waals surface area contributed by atoms with Gasteiger partial charge in [-0.25, -0.2) is 8.78 Å². The van der Waals surface area contributed by atoms with E-state index in [0.29, 0.717) is 52.4 Å². The van der Waals surface area contributed by atoms with Crippen LogP contribution in [0.2, 0.25) is 0 Å². The van der Waals surface area contributed by atoms with Crippen LogP contribution in [0.25, 0.3) is 0 Å². The number of hydrogen-bond donors (Lipinski definition) is 1. The van der Waals surface area contributed by atoms with Gasteiger partial charge < -0.3 is 14.7 Å². The van der Waals surface area contributed by atoms with Crippen molar-refractivity contribution in [3.8, 4) is 0 Å². The summed E-state index contributed by atoms with van der Waals surface area (Å²) in [7, 11) is 0. The van der Waals surface area contributed by atoms with Gasteiger partial charge in [-0.1, -0.05) is 0 Å². The highest BCUT2D eigenvalue weighted by atomic mass is 19.3. The van der Waals surface area contributed by atoms with Crippen molar-refractivity contribution < 1.29 is 23.4 Å². The average molecular weight is 332 g/mol. The van der Waals surface area contributed by atoms with Crippen molar-refractivity contribution in [2.75, 3.05) is 45.9 Å². The molecule has 0 aromatic heterocycles. The van der Waals surface area contributed by atoms with Crippen LogP contribution in [-0.2, 0) is 9.53 Å². The van der Waals surface area contributed by atoms with Crippen LogP contribution >= 0.6 is 0 Å². The number of piperidine rings is 1. The number of ether oxygens (including phenoxy) is 1. The number of nitrogens with zero attached hydrogens (tertiary/aromatic N) is 2. The van der Waals surface area contributed by atoms with Gasteiger partial charge in [-0.2, -0.15) is 0 Å². The second-order valence-electron chi connectivity index (χ2n) is 7.25. The lowest BCUT2D eigenvalue weighted by atomic mass is 9.98. The number of amides is 1. The third kappa shape index (κ3) is 4.19. The summed E-state index contributed by atoms with van der Waals surface area (Å²) in [5, 5.41) is 10.7. The molecule has 7 heteroatoms. The molecule has 3 heterocycles. The first-order chi connectivity index (χ1) is 10.9. The molecule has 0 aromatic carbocycles. The molecule has 5 nitrogen and oxygen atoms in total. The summed E-state index contributed by atoms with van der Waals surface area (Å²) >= 11 is 0. The van der Waals surface area contributed by atoms with Gasteiger partial charge in [0.15, 0.2) is 0 Å².